The van der Waals surface area contributed by atoms with Crippen LogP contribution in [0.15, 0.2) is 48.7 Å². The van der Waals surface area contributed by atoms with E-state index in [0.717, 1.165) is 24.2 Å². The van der Waals surface area contributed by atoms with Gasteiger partial charge in [-0.2, -0.15) is 0 Å². The van der Waals surface area contributed by atoms with Gasteiger partial charge in [0.1, 0.15) is 17.0 Å². The Morgan fingerprint density at radius 1 is 1.10 bits per heavy atom. The number of hydrogen-bond donors (Lipinski definition) is 2. The second kappa shape index (κ2) is 8.52. The summed E-state index contributed by atoms with van der Waals surface area (Å²) < 4.78 is 5.74. The second-order valence-corrected chi connectivity index (χ2v) is 7.60. The van der Waals surface area contributed by atoms with E-state index in [2.05, 4.69) is 15.6 Å². The standard InChI is InChI=1S/C22H24N4O4/c27-18(11-15-26-20(28)22(25-21(26)29)12-5-2-6-13-22)24-17-10-7-14-23-19(17)30-16-8-3-1-4-9-16/h1,3-4,7-10,14H,2,5-6,11-13,15H2,(H,24,27)(H,25,29). The molecule has 2 aliphatic rings. The summed E-state index contributed by atoms with van der Waals surface area (Å²) in [5.74, 6) is 0.331. The fourth-order valence-corrected chi connectivity index (χ4v) is 3.97. The molecule has 1 saturated heterocycles. The number of carbonyl (C=O) groups is 3. The van der Waals surface area contributed by atoms with Crippen LogP contribution in [0.2, 0.25) is 0 Å². The fourth-order valence-electron chi connectivity index (χ4n) is 3.97. The molecule has 2 heterocycles. The van der Waals surface area contributed by atoms with Crippen molar-refractivity contribution in [2.45, 2.75) is 44.1 Å². The van der Waals surface area contributed by atoms with Crippen molar-refractivity contribution in [3.8, 4) is 11.6 Å². The van der Waals surface area contributed by atoms with Gasteiger partial charge in [0.15, 0.2) is 0 Å². The number of ether oxygens (including phenoxy) is 1. The van der Waals surface area contributed by atoms with Crippen molar-refractivity contribution in [3.63, 3.8) is 0 Å². The van der Waals surface area contributed by atoms with Gasteiger partial charge in [0.05, 0.1) is 0 Å². The van der Waals surface area contributed by atoms with Crippen LogP contribution in [0.5, 0.6) is 11.6 Å². The highest BCUT2D eigenvalue weighted by molar-refractivity contribution is 6.07. The molecule has 0 radical (unpaired) electrons. The van der Waals surface area contributed by atoms with E-state index in [1.807, 2.05) is 18.2 Å². The summed E-state index contributed by atoms with van der Waals surface area (Å²) in [7, 11) is 0. The molecule has 0 atom stereocenters. The van der Waals surface area contributed by atoms with Gasteiger partial charge in [-0.1, -0.05) is 37.5 Å². The van der Waals surface area contributed by atoms with Crippen molar-refractivity contribution >= 4 is 23.5 Å². The van der Waals surface area contributed by atoms with Crippen molar-refractivity contribution in [2.75, 3.05) is 11.9 Å². The predicted molar refractivity (Wildman–Crippen MR) is 110 cm³/mol. The zero-order chi connectivity index (χ0) is 21.0. The average molecular weight is 408 g/mol. The zero-order valence-corrected chi connectivity index (χ0v) is 16.6. The van der Waals surface area contributed by atoms with Crippen LogP contribution < -0.4 is 15.4 Å². The molecular formula is C22H24N4O4. The summed E-state index contributed by atoms with van der Waals surface area (Å²) in [6.07, 6.45) is 5.81. The first-order chi connectivity index (χ1) is 14.6. The van der Waals surface area contributed by atoms with E-state index < -0.39 is 11.6 Å². The van der Waals surface area contributed by atoms with Crippen LogP contribution >= 0.6 is 0 Å². The molecule has 2 N–H and O–H groups in total. The maximum atomic E-state index is 12.8. The Hall–Kier alpha value is -3.42. The SMILES string of the molecule is O=C(CCN1C(=O)NC2(CCCCC2)C1=O)Nc1cccnc1Oc1ccccc1. The molecule has 1 aromatic heterocycles. The highest BCUT2D eigenvalue weighted by Crippen LogP contribution is 2.33. The van der Waals surface area contributed by atoms with Gasteiger partial charge in [0, 0.05) is 19.2 Å². The third-order valence-corrected chi connectivity index (χ3v) is 5.52. The van der Waals surface area contributed by atoms with Gasteiger partial charge in [-0.3, -0.25) is 14.5 Å². The molecule has 2 fully saturated rings. The number of imide groups is 1. The number of aromatic nitrogens is 1. The van der Waals surface area contributed by atoms with Crippen molar-refractivity contribution in [1.82, 2.24) is 15.2 Å². The Morgan fingerprint density at radius 2 is 1.87 bits per heavy atom. The summed E-state index contributed by atoms with van der Waals surface area (Å²) in [5.41, 5.74) is -0.349. The molecule has 0 unspecified atom stereocenters. The van der Waals surface area contributed by atoms with Crippen LogP contribution in [0.4, 0.5) is 10.5 Å². The number of nitrogens with one attached hydrogen (secondary N) is 2. The molecule has 1 spiro atoms. The largest absolute Gasteiger partial charge is 0.437 e. The molecule has 4 rings (SSSR count). The van der Waals surface area contributed by atoms with E-state index in [4.69, 9.17) is 4.74 Å². The van der Waals surface area contributed by atoms with Crippen LogP contribution in [0.3, 0.4) is 0 Å². The monoisotopic (exact) mass is 408 g/mol. The van der Waals surface area contributed by atoms with E-state index >= 15 is 0 Å². The van der Waals surface area contributed by atoms with Crippen LogP contribution in [0.1, 0.15) is 38.5 Å². The molecule has 0 bridgehead atoms. The van der Waals surface area contributed by atoms with Gasteiger partial charge >= 0.3 is 6.03 Å². The van der Waals surface area contributed by atoms with Gasteiger partial charge in [-0.15, -0.1) is 0 Å². The van der Waals surface area contributed by atoms with Gasteiger partial charge in [-0.05, 0) is 37.1 Å². The smallest absolute Gasteiger partial charge is 0.325 e. The number of urea groups is 1. The zero-order valence-electron chi connectivity index (χ0n) is 16.6. The Morgan fingerprint density at radius 3 is 2.63 bits per heavy atom. The molecule has 30 heavy (non-hydrogen) atoms. The van der Waals surface area contributed by atoms with Crippen LogP contribution in [0, 0.1) is 0 Å². The molecule has 1 aliphatic heterocycles. The maximum absolute atomic E-state index is 12.8. The van der Waals surface area contributed by atoms with E-state index in [0.29, 0.717) is 24.3 Å². The lowest BCUT2D eigenvalue weighted by molar-refractivity contribution is -0.132. The minimum Gasteiger partial charge on any atom is -0.437 e. The Kier molecular flexibility index (Phi) is 5.65. The lowest BCUT2D eigenvalue weighted by Crippen LogP contribution is -2.48. The lowest BCUT2D eigenvalue weighted by atomic mass is 9.82. The van der Waals surface area contributed by atoms with E-state index in [1.165, 1.54) is 0 Å². The van der Waals surface area contributed by atoms with Crippen LogP contribution in [-0.4, -0.2) is 39.8 Å². The molecule has 1 saturated carbocycles. The van der Waals surface area contributed by atoms with Crippen molar-refractivity contribution in [2.24, 2.45) is 0 Å². The van der Waals surface area contributed by atoms with Crippen LogP contribution in [-0.2, 0) is 9.59 Å². The van der Waals surface area contributed by atoms with Gasteiger partial charge < -0.3 is 15.4 Å². The molecule has 1 aromatic carbocycles. The van der Waals surface area contributed by atoms with E-state index in [-0.39, 0.29) is 30.7 Å². The Balaban J connectivity index is 1.37. The first kappa shape index (κ1) is 19.9. The Bertz CT molecular complexity index is 941. The summed E-state index contributed by atoms with van der Waals surface area (Å²) >= 11 is 0. The second-order valence-electron chi connectivity index (χ2n) is 7.60. The number of amides is 4. The number of para-hydroxylation sites is 1. The number of nitrogens with zero attached hydrogens (tertiary/aromatic N) is 2. The normalized spacial score (nSPS) is 17.7. The molecule has 2 aromatic rings. The lowest BCUT2D eigenvalue weighted by Gasteiger charge is -2.30. The predicted octanol–water partition coefficient (Wildman–Crippen LogP) is 3.46. The molecule has 1 aliphatic carbocycles. The summed E-state index contributed by atoms with van der Waals surface area (Å²) in [6.45, 7) is 0.0351. The average Bonchev–Trinajstić information content (AvgIpc) is 2.98. The fraction of sp³-hybridized carbons (Fsp3) is 0.364. The Labute approximate surface area is 174 Å². The highest BCUT2D eigenvalue weighted by Gasteiger charge is 2.51. The van der Waals surface area contributed by atoms with Gasteiger partial charge in [-0.25, -0.2) is 9.78 Å². The molecule has 4 amide bonds. The van der Waals surface area contributed by atoms with Crippen molar-refractivity contribution in [3.05, 3.63) is 48.7 Å². The molecular weight excluding hydrogens is 384 g/mol. The minimum atomic E-state index is -0.772. The topological polar surface area (TPSA) is 101 Å². The van der Waals surface area contributed by atoms with Crippen LogP contribution in [0.25, 0.3) is 0 Å². The molecule has 156 valence electrons. The van der Waals surface area contributed by atoms with E-state index in [1.54, 1.807) is 30.5 Å². The number of anilines is 1. The number of carbonyl (C=O) groups excluding carboxylic acids is 3. The summed E-state index contributed by atoms with van der Waals surface area (Å²) in [4.78, 5) is 43.0. The first-order valence-electron chi connectivity index (χ1n) is 10.2. The molecule has 8 heteroatoms. The summed E-state index contributed by atoms with van der Waals surface area (Å²) in [5, 5.41) is 5.61. The van der Waals surface area contributed by atoms with Crippen molar-refractivity contribution < 1.29 is 19.1 Å². The number of benzene rings is 1. The van der Waals surface area contributed by atoms with Gasteiger partial charge in [0.25, 0.3) is 5.91 Å². The molecule has 8 nitrogen and oxygen atoms in total. The number of hydrogen-bond acceptors (Lipinski definition) is 5. The number of rotatable bonds is 6. The maximum Gasteiger partial charge on any atom is 0.325 e. The third kappa shape index (κ3) is 4.12. The quantitative estimate of drug-likeness (QED) is 0.713. The van der Waals surface area contributed by atoms with Crippen molar-refractivity contribution in [1.29, 1.82) is 0 Å². The highest BCUT2D eigenvalue weighted by atomic mass is 16.5. The minimum absolute atomic E-state index is 0.00505. The first-order valence-corrected chi connectivity index (χ1v) is 10.2. The van der Waals surface area contributed by atoms with E-state index in [9.17, 15) is 14.4 Å². The summed E-state index contributed by atoms with van der Waals surface area (Å²) in [6, 6.07) is 12.1. The third-order valence-electron chi connectivity index (χ3n) is 5.52. The number of pyridine rings is 1. The van der Waals surface area contributed by atoms with Gasteiger partial charge in [0.2, 0.25) is 11.8 Å².